The molecular formula is C38H72O5Si2. The molecule has 1 rings (SSSR count). The van der Waals surface area contributed by atoms with E-state index >= 15 is 0 Å². The third kappa shape index (κ3) is 13.0. The molecule has 45 heavy (non-hydrogen) atoms. The van der Waals surface area contributed by atoms with Crippen LogP contribution in [0, 0.1) is 29.6 Å². The summed E-state index contributed by atoms with van der Waals surface area (Å²) in [5.74, 6) is 0.341. The van der Waals surface area contributed by atoms with Crippen LogP contribution in [0.4, 0.5) is 0 Å². The van der Waals surface area contributed by atoms with Crippen molar-refractivity contribution in [2.75, 3.05) is 13.2 Å². The van der Waals surface area contributed by atoms with E-state index in [9.17, 15) is 10.2 Å². The van der Waals surface area contributed by atoms with Crippen molar-refractivity contribution in [3.63, 3.8) is 0 Å². The van der Waals surface area contributed by atoms with Crippen molar-refractivity contribution in [1.29, 1.82) is 0 Å². The maximum Gasteiger partial charge on any atom is 0.192 e. The molecule has 0 bridgehead atoms. The van der Waals surface area contributed by atoms with E-state index in [-0.39, 0.29) is 58.5 Å². The topological polar surface area (TPSA) is 68.2 Å². The zero-order chi connectivity index (χ0) is 35.0. The molecule has 0 fully saturated rings. The van der Waals surface area contributed by atoms with Crippen molar-refractivity contribution in [1.82, 2.24) is 0 Å². The first-order valence-corrected chi connectivity index (χ1v) is 23.2. The van der Waals surface area contributed by atoms with Crippen molar-refractivity contribution in [2.45, 2.75) is 151 Å². The van der Waals surface area contributed by atoms with Crippen molar-refractivity contribution in [3.8, 4) is 0 Å². The minimum absolute atomic E-state index is 0.0219. The largest absolute Gasteiger partial charge is 0.413 e. The lowest BCUT2D eigenvalue weighted by Crippen LogP contribution is -2.50. The van der Waals surface area contributed by atoms with Crippen molar-refractivity contribution in [3.05, 3.63) is 47.5 Å². The Morgan fingerprint density at radius 1 is 0.778 bits per heavy atom. The average Bonchev–Trinajstić information content (AvgIpc) is 2.92. The van der Waals surface area contributed by atoms with Gasteiger partial charge >= 0.3 is 0 Å². The van der Waals surface area contributed by atoms with Gasteiger partial charge in [0.1, 0.15) is 0 Å². The van der Waals surface area contributed by atoms with E-state index < -0.39 is 22.7 Å². The summed E-state index contributed by atoms with van der Waals surface area (Å²) in [6, 6.07) is 10.2. The summed E-state index contributed by atoms with van der Waals surface area (Å²) >= 11 is 0. The summed E-state index contributed by atoms with van der Waals surface area (Å²) in [5.41, 5.74) is 2.44. The molecule has 0 aliphatic carbocycles. The van der Waals surface area contributed by atoms with E-state index in [2.05, 4.69) is 127 Å². The molecule has 0 aromatic heterocycles. The van der Waals surface area contributed by atoms with Gasteiger partial charge in [-0.25, -0.2) is 0 Å². The van der Waals surface area contributed by atoms with E-state index in [4.69, 9.17) is 13.6 Å². The fourth-order valence-corrected chi connectivity index (χ4v) is 8.57. The summed E-state index contributed by atoms with van der Waals surface area (Å²) in [5, 5.41) is 21.9. The van der Waals surface area contributed by atoms with Crippen LogP contribution in [0.2, 0.25) is 36.3 Å². The van der Waals surface area contributed by atoms with E-state index in [1.165, 1.54) is 5.57 Å². The second-order valence-corrected chi connectivity index (χ2v) is 26.7. The van der Waals surface area contributed by atoms with Crippen LogP contribution in [0.3, 0.4) is 0 Å². The number of hydrogen-bond donors (Lipinski definition) is 2. The number of aliphatic hydroxyl groups is 2. The van der Waals surface area contributed by atoms with Gasteiger partial charge in [0.25, 0.3) is 0 Å². The van der Waals surface area contributed by atoms with Gasteiger partial charge in [-0.3, -0.25) is 0 Å². The second kappa shape index (κ2) is 17.6. The Labute approximate surface area is 280 Å². The lowest BCUT2D eigenvalue weighted by molar-refractivity contribution is -0.0443. The van der Waals surface area contributed by atoms with E-state index in [1.54, 1.807) is 0 Å². The molecular weight excluding hydrogens is 593 g/mol. The van der Waals surface area contributed by atoms with Gasteiger partial charge in [-0.1, -0.05) is 118 Å². The average molecular weight is 665 g/mol. The molecule has 0 heterocycles. The van der Waals surface area contributed by atoms with Crippen molar-refractivity contribution >= 4 is 16.6 Å². The number of aliphatic hydroxyl groups excluding tert-OH is 2. The number of hydrogen-bond acceptors (Lipinski definition) is 5. The van der Waals surface area contributed by atoms with E-state index in [0.717, 1.165) is 12.0 Å². The van der Waals surface area contributed by atoms with Gasteiger partial charge < -0.3 is 23.8 Å². The number of allylic oxidation sites excluding steroid dienone is 1. The van der Waals surface area contributed by atoms with Gasteiger partial charge in [0.2, 0.25) is 0 Å². The summed E-state index contributed by atoms with van der Waals surface area (Å²) < 4.78 is 20.1. The molecule has 262 valence electrons. The molecule has 2 N–H and O–H groups in total. The summed E-state index contributed by atoms with van der Waals surface area (Å²) in [6.07, 6.45) is 2.55. The highest BCUT2D eigenvalue weighted by Crippen LogP contribution is 2.42. The van der Waals surface area contributed by atoms with Gasteiger partial charge in [-0.15, -0.1) is 0 Å². The molecule has 0 spiro atoms. The van der Waals surface area contributed by atoms with Crippen LogP contribution in [-0.2, 0) is 20.2 Å². The van der Waals surface area contributed by atoms with Gasteiger partial charge in [0, 0.05) is 24.4 Å². The zero-order valence-corrected chi connectivity index (χ0v) is 34.0. The predicted octanol–water partition coefficient (Wildman–Crippen LogP) is 9.85. The first kappa shape index (κ1) is 42.2. The number of ether oxygens (including phenoxy) is 1. The quantitative estimate of drug-likeness (QED) is 0.121. The van der Waals surface area contributed by atoms with Crippen LogP contribution in [0.25, 0.3) is 0 Å². The fourth-order valence-electron chi connectivity index (χ4n) is 5.60. The maximum absolute atomic E-state index is 11.6. The monoisotopic (exact) mass is 664 g/mol. The number of rotatable bonds is 18. The highest BCUT2D eigenvalue weighted by Gasteiger charge is 2.44. The molecule has 0 saturated heterocycles. The highest BCUT2D eigenvalue weighted by atomic mass is 28.4. The molecule has 0 aliphatic rings. The first-order valence-electron chi connectivity index (χ1n) is 17.4. The molecule has 0 aliphatic heterocycles. The van der Waals surface area contributed by atoms with Gasteiger partial charge in [-0.2, -0.15) is 0 Å². The Morgan fingerprint density at radius 3 is 1.73 bits per heavy atom. The minimum Gasteiger partial charge on any atom is -0.413 e. The first-order chi connectivity index (χ1) is 20.4. The van der Waals surface area contributed by atoms with Gasteiger partial charge in [-0.05, 0) is 67.0 Å². The van der Waals surface area contributed by atoms with Crippen molar-refractivity contribution in [2.24, 2.45) is 29.6 Å². The Hall–Kier alpha value is -0.806. The second-order valence-electron chi connectivity index (χ2n) is 17.2. The molecule has 5 nitrogen and oxygen atoms in total. The fraction of sp³-hybridized carbons (Fsp3) is 0.789. The summed E-state index contributed by atoms with van der Waals surface area (Å²) in [6.45, 7) is 37.0. The molecule has 7 heteroatoms. The third-order valence-electron chi connectivity index (χ3n) is 10.7. The smallest absolute Gasteiger partial charge is 0.192 e. The van der Waals surface area contributed by atoms with Crippen LogP contribution < -0.4 is 0 Å². The lowest BCUT2D eigenvalue weighted by Gasteiger charge is -2.44. The zero-order valence-electron chi connectivity index (χ0n) is 32.0. The Balaban J connectivity index is 3.18. The molecule has 8 unspecified atom stereocenters. The number of benzene rings is 1. The molecule has 0 radical (unpaired) electrons. The summed E-state index contributed by atoms with van der Waals surface area (Å²) in [7, 11) is -4.13. The Morgan fingerprint density at radius 2 is 1.27 bits per heavy atom. The molecule has 0 saturated carbocycles. The van der Waals surface area contributed by atoms with Crippen LogP contribution in [0.15, 0.2) is 42.0 Å². The third-order valence-corrected chi connectivity index (χ3v) is 19.7. The molecule has 0 amide bonds. The normalized spacial score (nSPS) is 19.4. The SMILES string of the molecule is C/C(=C\C(C)C(O[Si](C)(C)C(C)(C)C)C(C)CO)CC(C)C(O[Si](C)(C)C(C)(C)C)C(C)C(O)C(C)COCc1ccccc1. The van der Waals surface area contributed by atoms with Gasteiger partial charge in [0.05, 0.1) is 31.5 Å². The highest BCUT2D eigenvalue weighted by molar-refractivity contribution is 6.74. The molecule has 1 aromatic rings. The predicted molar refractivity (Wildman–Crippen MR) is 198 cm³/mol. The standard InChI is InChI=1S/C38H72O5Si2/c1-27(22-28(2)35(30(4)24-39)42-44(13,14)37(7,8)9)23-29(3)36(43-45(15,16)38(10,11)12)32(6)34(40)31(5)25-41-26-33-20-18-17-19-21-33/h17-22,28-32,34-36,39-40H,23-26H2,1-16H3/b27-22+. The van der Waals surface area contributed by atoms with Crippen LogP contribution in [-0.4, -0.2) is 58.4 Å². The molecule has 8 atom stereocenters. The maximum atomic E-state index is 11.6. The van der Waals surface area contributed by atoms with Gasteiger partial charge in [0.15, 0.2) is 16.6 Å². The van der Waals surface area contributed by atoms with Crippen LogP contribution >= 0.6 is 0 Å². The lowest BCUT2D eigenvalue weighted by atomic mass is 9.82. The molecule has 1 aromatic carbocycles. The van der Waals surface area contributed by atoms with Crippen molar-refractivity contribution < 1.29 is 23.8 Å². The van der Waals surface area contributed by atoms with E-state index in [1.807, 2.05) is 18.2 Å². The van der Waals surface area contributed by atoms with Crippen LogP contribution in [0.5, 0.6) is 0 Å². The Kier molecular flexibility index (Phi) is 16.5. The minimum atomic E-state index is -2.11. The summed E-state index contributed by atoms with van der Waals surface area (Å²) in [4.78, 5) is 0. The van der Waals surface area contributed by atoms with Crippen LogP contribution in [0.1, 0.15) is 95.1 Å². The Bertz CT molecular complexity index is 1010. The van der Waals surface area contributed by atoms with E-state index in [0.29, 0.717) is 13.2 Å².